The number of hydroxylamine groups is 1. The number of hydrogen-bond donors (Lipinski definition) is 1. The molecule has 0 heterocycles. The lowest BCUT2D eigenvalue weighted by Gasteiger charge is -2.17. The number of sulfonamides is 1. The summed E-state index contributed by atoms with van der Waals surface area (Å²) in [5.41, 5.74) is -0.0546. The zero-order valence-corrected chi connectivity index (χ0v) is 16.8. The molecule has 146 valence electrons. The molecule has 0 spiro atoms. The molecule has 0 radical (unpaired) electrons. The molecule has 0 bridgehead atoms. The van der Waals surface area contributed by atoms with Gasteiger partial charge in [-0.3, -0.25) is 9.63 Å². The third-order valence-electron chi connectivity index (χ3n) is 3.38. The Hall–Kier alpha value is -1.68. The van der Waals surface area contributed by atoms with Crippen LogP contribution in [0.5, 0.6) is 0 Å². The fraction of sp³-hybridized carbons (Fsp3) is 0.500. The van der Waals surface area contributed by atoms with Crippen molar-refractivity contribution in [1.82, 2.24) is 9.79 Å². The molecule has 0 aliphatic carbocycles. The summed E-state index contributed by atoms with van der Waals surface area (Å²) in [5, 5.41) is 2.57. The van der Waals surface area contributed by atoms with Gasteiger partial charge >= 0.3 is 5.97 Å². The van der Waals surface area contributed by atoms with Crippen LogP contribution in [0.2, 0.25) is 5.02 Å². The molecule has 1 rings (SSSR count). The van der Waals surface area contributed by atoms with Crippen molar-refractivity contribution >= 4 is 33.5 Å². The lowest BCUT2D eigenvalue weighted by atomic mass is 10.2. The highest BCUT2D eigenvalue weighted by molar-refractivity contribution is 7.89. The van der Waals surface area contributed by atoms with Gasteiger partial charge in [-0.15, -0.1) is 0 Å². The van der Waals surface area contributed by atoms with Crippen LogP contribution < -0.4 is 5.32 Å². The van der Waals surface area contributed by atoms with Crippen LogP contribution in [0.4, 0.5) is 0 Å². The van der Waals surface area contributed by atoms with Gasteiger partial charge < -0.3 is 10.1 Å². The highest BCUT2D eigenvalue weighted by Gasteiger charge is 2.26. The van der Waals surface area contributed by atoms with Gasteiger partial charge in [-0.05, 0) is 31.0 Å². The Bertz CT molecular complexity index is 766. The number of halogens is 1. The molecule has 0 fully saturated rings. The number of carbonyl (C=O) groups excluding carboxylic acids is 2. The number of nitrogens with zero attached hydrogens (tertiary/aromatic N) is 1. The Morgan fingerprint density at radius 1 is 1.27 bits per heavy atom. The number of carbonyl (C=O) groups is 2. The molecule has 1 amide bonds. The van der Waals surface area contributed by atoms with Gasteiger partial charge in [0, 0.05) is 13.6 Å². The van der Waals surface area contributed by atoms with E-state index in [1.807, 2.05) is 13.8 Å². The molecule has 1 N–H and O–H groups in total. The van der Waals surface area contributed by atoms with E-state index in [1.165, 1.54) is 33.2 Å². The van der Waals surface area contributed by atoms with Gasteiger partial charge in [0.2, 0.25) is 0 Å². The van der Waals surface area contributed by atoms with Crippen LogP contribution in [0.3, 0.4) is 0 Å². The summed E-state index contributed by atoms with van der Waals surface area (Å²) in [4.78, 5) is 28.5. The van der Waals surface area contributed by atoms with Crippen LogP contribution in [0.1, 0.15) is 31.1 Å². The van der Waals surface area contributed by atoms with Crippen molar-refractivity contribution in [2.24, 2.45) is 5.92 Å². The average molecular weight is 407 g/mol. The van der Waals surface area contributed by atoms with Crippen molar-refractivity contribution in [3.05, 3.63) is 28.8 Å². The van der Waals surface area contributed by atoms with Crippen LogP contribution in [-0.2, 0) is 24.4 Å². The van der Waals surface area contributed by atoms with Gasteiger partial charge in [0.05, 0.1) is 17.7 Å². The van der Waals surface area contributed by atoms with Crippen molar-refractivity contribution in [2.45, 2.75) is 31.8 Å². The third kappa shape index (κ3) is 5.66. The van der Waals surface area contributed by atoms with Crippen LogP contribution in [0, 0.1) is 5.92 Å². The van der Waals surface area contributed by atoms with Gasteiger partial charge in [0.1, 0.15) is 4.90 Å². The first-order valence-corrected chi connectivity index (χ1v) is 9.63. The second-order valence-electron chi connectivity index (χ2n) is 5.93. The van der Waals surface area contributed by atoms with E-state index in [1.54, 1.807) is 0 Å². The van der Waals surface area contributed by atoms with Crippen molar-refractivity contribution in [3.63, 3.8) is 0 Å². The van der Waals surface area contributed by atoms with Crippen molar-refractivity contribution in [2.75, 3.05) is 20.7 Å². The third-order valence-corrected chi connectivity index (χ3v) is 5.54. The summed E-state index contributed by atoms with van der Waals surface area (Å²) in [6, 6.07) is 3.65. The van der Waals surface area contributed by atoms with Crippen LogP contribution in [0.15, 0.2) is 23.1 Å². The smallest absolute Gasteiger partial charge is 0.338 e. The molecule has 1 aromatic rings. The van der Waals surface area contributed by atoms with E-state index < -0.39 is 28.0 Å². The minimum atomic E-state index is -4.05. The zero-order valence-electron chi connectivity index (χ0n) is 15.3. The largest absolute Gasteiger partial charge is 0.449 e. The highest BCUT2D eigenvalue weighted by atomic mass is 35.5. The fourth-order valence-corrected chi connectivity index (χ4v) is 3.27. The maximum atomic E-state index is 12.3. The molecular formula is C16H23ClN2O6S. The Morgan fingerprint density at radius 2 is 1.88 bits per heavy atom. The van der Waals surface area contributed by atoms with E-state index in [4.69, 9.17) is 16.3 Å². The SMILES string of the molecule is CON(C)S(=O)(=O)c1cc(C(=O)OC(C)C(=O)NCC(C)C)ccc1Cl. The number of nitrogens with one attached hydrogen (secondary N) is 1. The van der Waals surface area contributed by atoms with Crippen molar-refractivity contribution in [3.8, 4) is 0 Å². The van der Waals surface area contributed by atoms with E-state index in [-0.39, 0.29) is 21.4 Å². The molecule has 26 heavy (non-hydrogen) atoms. The van der Waals surface area contributed by atoms with Crippen LogP contribution in [-0.4, -0.2) is 51.6 Å². The second-order valence-corrected chi connectivity index (χ2v) is 8.24. The van der Waals surface area contributed by atoms with E-state index in [0.29, 0.717) is 11.0 Å². The van der Waals surface area contributed by atoms with E-state index in [2.05, 4.69) is 10.2 Å². The number of hydrogen-bond acceptors (Lipinski definition) is 6. The molecular weight excluding hydrogens is 384 g/mol. The van der Waals surface area contributed by atoms with Crippen molar-refractivity contribution in [1.29, 1.82) is 0 Å². The first kappa shape index (κ1) is 22.4. The predicted octanol–water partition coefficient (Wildman–Crippen LogP) is 1.84. The lowest BCUT2D eigenvalue weighted by Crippen LogP contribution is -2.37. The van der Waals surface area contributed by atoms with Gasteiger partial charge in [-0.25, -0.2) is 13.2 Å². The van der Waals surface area contributed by atoms with Crippen molar-refractivity contribution < 1.29 is 27.6 Å². The summed E-state index contributed by atoms with van der Waals surface area (Å²) >= 11 is 5.94. The maximum Gasteiger partial charge on any atom is 0.338 e. The molecule has 0 aromatic heterocycles. The zero-order chi connectivity index (χ0) is 20.1. The summed E-state index contributed by atoms with van der Waals surface area (Å²) in [6.45, 7) is 5.75. The summed E-state index contributed by atoms with van der Waals surface area (Å²) in [5.74, 6) is -1.03. The molecule has 10 heteroatoms. The van der Waals surface area contributed by atoms with Gasteiger partial charge in [0.15, 0.2) is 6.10 Å². The summed E-state index contributed by atoms with van der Waals surface area (Å²) in [7, 11) is -1.67. The van der Waals surface area contributed by atoms with E-state index in [9.17, 15) is 18.0 Å². The Labute approximate surface area is 158 Å². The second kappa shape index (κ2) is 9.31. The number of amides is 1. The quantitative estimate of drug-likeness (QED) is 0.522. The summed E-state index contributed by atoms with van der Waals surface area (Å²) in [6.07, 6.45) is -1.03. The fourth-order valence-electron chi connectivity index (χ4n) is 1.80. The van der Waals surface area contributed by atoms with E-state index >= 15 is 0 Å². The molecule has 1 unspecified atom stereocenters. The monoisotopic (exact) mass is 406 g/mol. The van der Waals surface area contributed by atoms with Crippen LogP contribution >= 0.6 is 11.6 Å². The molecule has 1 aromatic carbocycles. The minimum absolute atomic E-state index is 0.0546. The molecule has 0 aliphatic rings. The number of benzene rings is 1. The minimum Gasteiger partial charge on any atom is -0.449 e. The van der Waals surface area contributed by atoms with Gasteiger partial charge in [0.25, 0.3) is 15.9 Å². The predicted molar refractivity (Wildman–Crippen MR) is 96.1 cm³/mol. The first-order valence-electron chi connectivity index (χ1n) is 7.82. The highest BCUT2D eigenvalue weighted by Crippen LogP contribution is 2.25. The summed E-state index contributed by atoms with van der Waals surface area (Å²) < 4.78 is 30.4. The van der Waals surface area contributed by atoms with Crippen LogP contribution in [0.25, 0.3) is 0 Å². The molecule has 1 atom stereocenters. The average Bonchev–Trinajstić information content (AvgIpc) is 2.58. The van der Waals surface area contributed by atoms with E-state index in [0.717, 1.165) is 6.07 Å². The first-order chi connectivity index (χ1) is 12.0. The Kier molecular flexibility index (Phi) is 8.01. The molecule has 0 aliphatic heterocycles. The molecule has 8 nitrogen and oxygen atoms in total. The Morgan fingerprint density at radius 3 is 2.42 bits per heavy atom. The number of rotatable bonds is 8. The number of ether oxygens (including phenoxy) is 1. The Balaban J connectivity index is 2.98. The number of esters is 1. The standard InChI is InChI=1S/C16H23ClN2O6S/c1-10(2)9-18-15(20)11(3)25-16(21)12-6-7-13(17)14(8-12)26(22,23)19(4)24-5/h6-8,10-11H,9H2,1-5H3,(H,18,20). The van der Waals surface area contributed by atoms with Gasteiger partial charge in [-0.2, -0.15) is 0 Å². The molecule has 0 saturated heterocycles. The lowest BCUT2D eigenvalue weighted by molar-refractivity contribution is -0.129. The van der Waals surface area contributed by atoms with Gasteiger partial charge in [-0.1, -0.05) is 29.9 Å². The maximum absolute atomic E-state index is 12.3. The topological polar surface area (TPSA) is 102 Å². The normalized spacial score (nSPS) is 12.9. The molecule has 0 saturated carbocycles.